The fraction of sp³-hybridized carbons (Fsp3) is 0.111. The molecule has 0 aliphatic rings. The molecule has 0 unspecified atom stereocenters. The maximum atomic E-state index is 10.7. The van der Waals surface area contributed by atoms with Crippen molar-refractivity contribution in [3.8, 4) is 0 Å². The van der Waals surface area contributed by atoms with Crippen LogP contribution in [0.2, 0.25) is 0 Å². The lowest BCUT2D eigenvalue weighted by atomic mass is 10.2. The average molecular weight is 192 g/mol. The highest BCUT2D eigenvalue weighted by Crippen LogP contribution is 2.22. The molecule has 66 valence electrons. The second kappa shape index (κ2) is 3.14. The molecule has 0 saturated heterocycles. The normalized spacial score (nSPS) is 10.5. The van der Waals surface area contributed by atoms with Crippen LogP contribution in [0.4, 0.5) is 0 Å². The molecule has 0 atom stereocenters. The lowest BCUT2D eigenvalue weighted by molar-refractivity contribution is -0.117. The van der Waals surface area contributed by atoms with Crippen molar-refractivity contribution < 1.29 is 4.79 Å². The largest absolute Gasteiger partial charge is 0.369 e. The van der Waals surface area contributed by atoms with Crippen molar-refractivity contribution in [2.75, 3.05) is 0 Å². The van der Waals surface area contributed by atoms with E-state index in [-0.39, 0.29) is 5.91 Å². The number of carbonyl (C=O) groups excluding carboxylic acids is 1. The lowest BCUT2D eigenvalue weighted by Gasteiger charge is -1.97. The highest BCUT2D eigenvalue weighted by atomic mass is 32.1. The van der Waals surface area contributed by atoms with Crippen molar-refractivity contribution >= 4 is 27.5 Å². The van der Waals surface area contributed by atoms with Gasteiger partial charge < -0.3 is 5.73 Å². The Kier molecular flexibility index (Phi) is 1.98. The van der Waals surface area contributed by atoms with Crippen molar-refractivity contribution in [2.24, 2.45) is 5.73 Å². The Bertz CT molecular complexity index is 450. The van der Waals surface area contributed by atoms with Gasteiger partial charge in [0.15, 0.2) is 0 Å². The first-order valence-electron chi connectivity index (χ1n) is 3.87. The van der Waals surface area contributed by atoms with Crippen molar-refractivity contribution in [3.05, 3.63) is 29.3 Å². The molecule has 0 aromatic carbocycles. The molecule has 13 heavy (non-hydrogen) atoms. The Morgan fingerprint density at radius 3 is 3.15 bits per heavy atom. The van der Waals surface area contributed by atoms with Gasteiger partial charge in [0, 0.05) is 6.20 Å². The van der Waals surface area contributed by atoms with Crippen molar-refractivity contribution in [1.82, 2.24) is 4.98 Å². The first-order valence-corrected chi connectivity index (χ1v) is 4.75. The number of carbonyl (C=O) groups is 1. The molecule has 0 saturated carbocycles. The summed E-state index contributed by atoms with van der Waals surface area (Å²) < 4.78 is 1.06. The predicted octanol–water partition coefficient (Wildman–Crippen LogP) is 1.32. The van der Waals surface area contributed by atoms with E-state index in [1.54, 1.807) is 17.5 Å². The summed E-state index contributed by atoms with van der Waals surface area (Å²) in [7, 11) is 0. The van der Waals surface area contributed by atoms with Crippen LogP contribution in [0, 0.1) is 0 Å². The Balaban J connectivity index is 2.54. The van der Waals surface area contributed by atoms with E-state index in [0.717, 1.165) is 15.8 Å². The number of nitrogens with zero attached hydrogens (tertiary/aromatic N) is 1. The van der Waals surface area contributed by atoms with Crippen LogP contribution in [-0.4, -0.2) is 10.9 Å². The number of primary amides is 1. The first kappa shape index (κ1) is 8.19. The number of rotatable bonds is 2. The van der Waals surface area contributed by atoms with Crippen molar-refractivity contribution in [3.63, 3.8) is 0 Å². The number of hydrogen-bond acceptors (Lipinski definition) is 3. The smallest absolute Gasteiger partial charge is 0.221 e. The molecule has 2 aromatic heterocycles. The number of thiophene rings is 1. The Hall–Kier alpha value is -1.42. The van der Waals surface area contributed by atoms with Crippen LogP contribution < -0.4 is 5.73 Å². The molecule has 3 nitrogen and oxygen atoms in total. The molecule has 1 amide bonds. The summed E-state index contributed by atoms with van der Waals surface area (Å²) in [4.78, 5) is 14.9. The van der Waals surface area contributed by atoms with E-state index in [1.807, 2.05) is 17.5 Å². The van der Waals surface area contributed by atoms with Gasteiger partial charge in [-0.2, -0.15) is 0 Å². The van der Waals surface area contributed by atoms with Gasteiger partial charge in [0.2, 0.25) is 5.91 Å². The van der Waals surface area contributed by atoms with Gasteiger partial charge in [-0.05, 0) is 23.1 Å². The first-order chi connectivity index (χ1) is 6.27. The highest BCUT2D eigenvalue weighted by Gasteiger charge is 2.05. The van der Waals surface area contributed by atoms with Crippen LogP contribution in [0.5, 0.6) is 0 Å². The van der Waals surface area contributed by atoms with Gasteiger partial charge in [0.25, 0.3) is 0 Å². The minimum Gasteiger partial charge on any atom is -0.369 e. The summed E-state index contributed by atoms with van der Waals surface area (Å²) in [6.45, 7) is 0. The molecule has 0 aliphatic carbocycles. The van der Waals surface area contributed by atoms with Gasteiger partial charge in [-0.1, -0.05) is 0 Å². The van der Waals surface area contributed by atoms with E-state index in [2.05, 4.69) is 4.98 Å². The third kappa shape index (κ3) is 1.53. The van der Waals surface area contributed by atoms with Crippen LogP contribution in [0.15, 0.2) is 23.7 Å². The number of fused-ring (bicyclic) bond motifs is 1. The van der Waals surface area contributed by atoms with Gasteiger partial charge in [-0.3, -0.25) is 9.78 Å². The molecule has 2 heterocycles. The lowest BCUT2D eigenvalue weighted by Crippen LogP contribution is -2.13. The van der Waals surface area contributed by atoms with Crippen LogP contribution in [0.3, 0.4) is 0 Å². The Labute approximate surface area is 79.2 Å². The SMILES string of the molecule is NC(=O)Cc1ccnc2ccsc12. The van der Waals surface area contributed by atoms with Crippen LogP contribution in [0.1, 0.15) is 5.56 Å². The topological polar surface area (TPSA) is 56.0 Å². The molecule has 0 radical (unpaired) electrons. The quantitative estimate of drug-likeness (QED) is 0.780. The number of nitrogens with two attached hydrogens (primary N) is 1. The summed E-state index contributed by atoms with van der Waals surface area (Å²) in [6, 6.07) is 3.77. The second-order valence-corrected chi connectivity index (χ2v) is 3.66. The predicted molar refractivity (Wildman–Crippen MR) is 52.5 cm³/mol. The summed E-state index contributed by atoms with van der Waals surface area (Å²) in [5, 5.41) is 1.96. The molecular weight excluding hydrogens is 184 g/mol. The third-order valence-electron chi connectivity index (χ3n) is 1.79. The monoisotopic (exact) mass is 192 g/mol. The van der Waals surface area contributed by atoms with E-state index >= 15 is 0 Å². The summed E-state index contributed by atoms with van der Waals surface area (Å²) in [6.07, 6.45) is 1.99. The average Bonchev–Trinajstić information content (AvgIpc) is 2.51. The zero-order valence-electron chi connectivity index (χ0n) is 6.86. The fourth-order valence-electron chi connectivity index (χ4n) is 1.25. The van der Waals surface area contributed by atoms with Crippen LogP contribution in [-0.2, 0) is 11.2 Å². The maximum absolute atomic E-state index is 10.7. The fourth-order valence-corrected chi connectivity index (χ4v) is 2.12. The number of aromatic nitrogens is 1. The molecule has 0 bridgehead atoms. The molecule has 0 aliphatic heterocycles. The van der Waals surface area contributed by atoms with Crippen LogP contribution in [0.25, 0.3) is 10.2 Å². The van der Waals surface area contributed by atoms with Crippen LogP contribution >= 0.6 is 11.3 Å². The Morgan fingerprint density at radius 1 is 1.54 bits per heavy atom. The molecule has 2 aromatic rings. The maximum Gasteiger partial charge on any atom is 0.221 e. The third-order valence-corrected chi connectivity index (χ3v) is 2.77. The zero-order chi connectivity index (χ0) is 9.26. The summed E-state index contributed by atoms with van der Waals surface area (Å²) in [5.74, 6) is -0.305. The van der Waals surface area contributed by atoms with E-state index < -0.39 is 0 Å². The van der Waals surface area contributed by atoms with Gasteiger partial charge in [-0.25, -0.2) is 0 Å². The van der Waals surface area contributed by atoms with Crippen molar-refractivity contribution in [1.29, 1.82) is 0 Å². The van der Waals surface area contributed by atoms with Crippen molar-refractivity contribution in [2.45, 2.75) is 6.42 Å². The standard InChI is InChI=1S/C9H8N2OS/c10-8(12)5-6-1-3-11-7-2-4-13-9(6)7/h1-4H,5H2,(H2,10,12). The number of pyridine rings is 1. The van der Waals surface area contributed by atoms with Gasteiger partial charge in [-0.15, -0.1) is 11.3 Å². The van der Waals surface area contributed by atoms with E-state index in [0.29, 0.717) is 6.42 Å². The molecule has 4 heteroatoms. The minimum atomic E-state index is -0.305. The summed E-state index contributed by atoms with van der Waals surface area (Å²) >= 11 is 1.59. The van der Waals surface area contributed by atoms with Gasteiger partial charge >= 0.3 is 0 Å². The van der Waals surface area contributed by atoms with E-state index in [1.165, 1.54) is 0 Å². The highest BCUT2D eigenvalue weighted by molar-refractivity contribution is 7.17. The second-order valence-electron chi connectivity index (χ2n) is 2.75. The molecule has 2 N–H and O–H groups in total. The van der Waals surface area contributed by atoms with Gasteiger partial charge in [0.1, 0.15) is 0 Å². The molecule has 0 spiro atoms. The Morgan fingerprint density at radius 2 is 2.38 bits per heavy atom. The van der Waals surface area contributed by atoms with Gasteiger partial charge in [0.05, 0.1) is 16.6 Å². The number of hydrogen-bond donors (Lipinski definition) is 1. The van der Waals surface area contributed by atoms with E-state index in [9.17, 15) is 4.79 Å². The van der Waals surface area contributed by atoms with E-state index in [4.69, 9.17) is 5.73 Å². The summed E-state index contributed by atoms with van der Waals surface area (Å²) in [5.41, 5.74) is 7.03. The molecule has 0 fully saturated rings. The minimum absolute atomic E-state index is 0.291. The molecular formula is C9H8N2OS. The number of amides is 1. The molecule has 2 rings (SSSR count). The zero-order valence-corrected chi connectivity index (χ0v) is 7.67.